The van der Waals surface area contributed by atoms with Crippen LogP contribution in [0.3, 0.4) is 0 Å². The standard InChI is InChI=1S/C26H35BrClNO4/c1-19(15-28)17-33-25-9-6-21(14-24(25)27)26(2,3)20-4-7-23(8-5-20)32-18-22(30)16-29-10-12-31-13-11-29/h4-9,14,19,22,30H,10-13,15-18H2,1-3H3. The van der Waals surface area contributed by atoms with Crippen molar-refractivity contribution in [1.82, 2.24) is 4.90 Å². The third-order valence-electron chi connectivity index (χ3n) is 6.03. The molecule has 0 aromatic heterocycles. The smallest absolute Gasteiger partial charge is 0.133 e. The maximum Gasteiger partial charge on any atom is 0.133 e. The van der Waals surface area contributed by atoms with Crippen molar-refractivity contribution in [2.24, 2.45) is 5.92 Å². The Morgan fingerprint density at radius 3 is 2.36 bits per heavy atom. The molecule has 0 spiro atoms. The van der Waals surface area contributed by atoms with Crippen molar-refractivity contribution in [1.29, 1.82) is 0 Å². The van der Waals surface area contributed by atoms with E-state index in [0.29, 0.717) is 24.9 Å². The van der Waals surface area contributed by atoms with Gasteiger partial charge in [-0.1, -0.05) is 39.0 Å². The van der Waals surface area contributed by atoms with Gasteiger partial charge in [-0.2, -0.15) is 0 Å². The lowest BCUT2D eigenvalue weighted by Crippen LogP contribution is -2.42. The number of nitrogens with zero attached hydrogens (tertiary/aromatic N) is 1. The molecule has 1 N–H and O–H groups in total. The fraction of sp³-hybridized carbons (Fsp3) is 0.538. The molecule has 3 rings (SSSR count). The minimum absolute atomic E-state index is 0.196. The monoisotopic (exact) mass is 539 g/mol. The molecule has 1 heterocycles. The van der Waals surface area contributed by atoms with Gasteiger partial charge < -0.3 is 19.3 Å². The second-order valence-corrected chi connectivity index (χ2v) is 10.4. The molecular formula is C26H35BrClNO4. The molecular weight excluding hydrogens is 506 g/mol. The Labute approximate surface area is 211 Å². The van der Waals surface area contributed by atoms with Crippen molar-refractivity contribution in [3.05, 3.63) is 58.1 Å². The lowest BCUT2D eigenvalue weighted by atomic mass is 9.78. The minimum atomic E-state index is -0.523. The van der Waals surface area contributed by atoms with Crippen LogP contribution in [0.5, 0.6) is 11.5 Å². The van der Waals surface area contributed by atoms with Gasteiger partial charge in [-0.05, 0) is 51.3 Å². The molecule has 0 saturated carbocycles. The predicted octanol–water partition coefficient (Wildman–Crippen LogP) is 5.10. The summed E-state index contributed by atoms with van der Waals surface area (Å²) in [5, 5.41) is 10.3. The molecule has 2 atom stereocenters. The molecule has 2 aromatic carbocycles. The highest BCUT2D eigenvalue weighted by Crippen LogP contribution is 2.36. The molecule has 2 unspecified atom stereocenters. The van der Waals surface area contributed by atoms with Crippen LogP contribution in [0, 0.1) is 5.92 Å². The van der Waals surface area contributed by atoms with Crippen LogP contribution >= 0.6 is 27.5 Å². The normalized spacial score (nSPS) is 16.9. The number of rotatable bonds is 11. The van der Waals surface area contributed by atoms with Crippen LogP contribution in [0.1, 0.15) is 31.9 Å². The number of β-amino-alcohol motifs (C(OH)–C–C–N with tert-alkyl or cyclic N) is 1. The first-order valence-corrected chi connectivity index (χ1v) is 12.8. The third kappa shape index (κ3) is 7.59. The van der Waals surface area contributed by atoms with Crippen molar-refractivity contribution in [2.45, 2.75) is 32.3 Å². The zero-order valence-corrected chi connectivity index (χ0v) is 22.1. The van der Waals surface area contributed by atoms with Gasteiger partial charge in [0.15, 0.2) is 0 Å². The first-order chi connectivity index (χ1) is 15.8. The summed E-state index contributed by atoms with van der Waals surface area (Å²) in [7, 11) is 0. The van der Waals surface area contributed by atoms with Crippen LogP contribution < -0.4 is 9.47 Å². The SMILES string of the molecule is CC(CCl)COc1ccc(C(C)(C)c2ccc(OCC(O)CN3CCOCC3)cc2)cc1Br. The maximum absolute atomic E-state index is 10.3. The van der Waals surface area contributed by atoms with Crippen LogP contribution in [-0.4, -0.2) is 68.1 Å². The molecule has 1 aliphatic rings. The minimum Gasteiger partial charge on any atom is -0.492 e. The maximum atomic E-state index is 10.3. The van der Waals surface area contributed by atoms with Gasteiger partial charge in [0, 0.05) is 36.8 Å². The summed E-state index contributed by atoms with van der Waals surface area (Å²) in [4.78, 5) is 2.20. The van der Waals surface area contributed by atoms with E-state index >= 15 is 0 Å². The number of hydrogen-bond donors (Lipinski definition) is 1. The van der Waals surface area contributed by atoms with E-state index in [1.807, 2.05) is 18.2 Å². The summed E-state index contributed by atoms with van der Waals surface area (Å²) < 4.78 is 18.0. The van der Waals surface area contributed by atoms with Gasteiger partial charge in [0.05, 0.1) is 24.3 Å². The quantitative estimate of drug-likeness (QED) is 0.402. The third-order valence-corrected chi connectivity index (χ3v) is 7.18. The first kappa shape index (κ1) is 26.3. The molecule has 5 nitrogen and oxygen atoms in total. The van der Waals surface area contributed by atoms with Crippen LogP contribution in [0.4, 0.5) is 0 Å². The summed E-state index contributed by atoms with van der Waals surface area (Å²) in [6.45, 7) is 11.1. The Bertz CT molecular complexity index is 871. The van der Waals surface area contributed by atoms with Crippen molar-refractivity contribution < 1.29 is 19.3 Å². The van der Waals surface area contributed by atoms with E-state index in [-0.39, 0.29) is 12.0 Å². The molecule has 0 radical (unpaired) electrons. The lowest BCUT2D eigenvalue weighted by Gasteiger charge is -2.28. The van der Waals surface area contributed by atoms with Crippen LogP contribution in [0.2, 0.25) is 0 Å². The van der Waals surface area contributed by atoms with E-state index in [2.05, 4.69) is 65.9 Å². The Hall–Kier alpha value is -1.31. The highest BCUT2D eigenvalue weighted by atomic mass is 79.9. The number of aliphatic hydroxyl groups is 1. The predicted molar refractivity (Wildman–Crippen MR) is 137 cm³/mol. The average molecular weight is 541 g/mol. The van der Waals surface area contributed by atoms with E-state index in [1.165, 1.54) is 11.1 Å². The zero-order chi connectivity index (χ0) is 23.8. The molecule has 0 bridgehead atoms. The number of hydrogen-bond acceptors (Lipinski definition) is 5. The van der Waals surface area contributed by atoms with Gasteiger partial charge in [-0.25, -0.2) is 0 Å². The molecule has 1 saturated heterocycles. The van der Waals surface area contributed by atoms with Gasteiger partial charge in [0.25, 0.3) is 0 Å². The van der Waals surface area contributed by atoms with E-state index in [0.717, 1.165) is 42.3 Å². The molecule has 0 aliphatic carbocycles. The van der Waals surface area contributed by atoms with E-state index in [4.69, 9.17) is 25.8 Å². The van der Waals surface area contributed by atoms with Crippen molar-refractivity contribution in [2.75, 3.05) is 51.9 Å². The van der Waals surface area contributed by atoms with Crippen LogP contribution in [0.15, 0.2) is 46.9 Å². The van der Waals surface area contributed by atoms with Crippen LogP contribution in [0.25, 0.3) is 0 Å². The molecule has 2 aromatic rings. The van der Waals surface area contributed by atoms with Crippen molar-refractivity contribution in [3.8, 4) is 11.5 Å². The molecule has 1 aliphatic heterocycles. The van der Waals surface area contributed by atoms with E-state index < -0.39 is 6.10 Å². The molecule has 182 valence electrons. The molecule has 0 amide bonds. The number of halogens is 2. The summed E-state index contributed by atoms with van der Waals surface area (Å²) in [5.41, 5.74) is 2.17. The fourth-order valence-electron chi connectivity index (χ4n) is 3.74. The number of benzene rings is 2. The van der Waals surface area contributed by atoms with Crippen LogP contribution in [-0.2, 0) is 10.2 Å². The van der Waals surface area contributed by atoms with Gasteiger partial charge >= 0.3 is 0 Å². The highest BCUT2D eigenvalue weighted by Gasteiger charge is 2.24. The Morgan fingerprint density at radius 2 is 1.73 bits per heavy atom. The number of ether oxygens (including phenoxy) is 3. The fourth-order valence-corrected chi connectivity index (χ4v) is 4.33. The molecule has 7 heteroatoms. The van der Waals surface area contributed by atoms with E-state index in [9.17, 15) is 5.11 Å². The Kier molecular flexibility index (Phi) is 9.89. The number of morpholine rings is 1. The van der Waals surface area contributed by atoms with Gasteiger partial charge in [0.2, 0.25) is 0 Å². The lowest BCUT2D eigenvalue weighted by molar-refractivity contribution is 0.00465. The largest absolute Gasteiger partial charge is 0.492 e. The summed E-state index contributed by atoms with van der Waals surface area (Å²) >= 11 is 9.53. The Morgan fingerprint density at radius 1 is 1.06 bits per heavy atom. The average Bonchev–Trinajstić information content (AvgIpc) is 2.82. The van der Waals surface area contributed by atoms with Crippen molar-refractivity contribution >= 4 is 27.5 Å². The first-order valence-electron chi connectivity index (χ1n) is 11.5. The topological polar surface area (TPSA) is 51.2 Å². The highest BCUT2D eigenvalue weighted by molar-refractivity contribution is 9.10. The molecule has 1 fully saturated rings. The summed E-state index contributed by atoms with van der Waals surface area (Å²) in [5.74, 6) is 2.46. The van der Waals surface area contributed by atoms with Gasteiger partial charge in [0.1, 0.15) is 24.2 Å². The van der Waals surface area contributed by atoms with Crippen molar-refractivity contribution in [3.63, 3.8) is 0 Å². The Balaban J connectivity index is 1.57. The van der Waals surface area contributed by atoms with E-state index in [1.54, 1.807) is 0 Å². The second-order valence-electron chi connectivity index (χ2n) is 9.24. The number of aliphatic hydroxyl groups excluding tert-OH is 1. The zero-order valence-electron chi connectivity index (χ0n) is 19.7. The summed E-state index contributed by atoms with van der Waals surface area (Å²) in [6, 6.07) is 14.4. The number of alkyl halides is 1. The summed E-state index contributed by atoms with van der Waals surface area (Å²) in [6.07, 6.45) is -0.523. The second kappa shape index (κ2) is 12.4. The van der Waals surface area contributed by atoms with Gasteiger partial charge in [-0.3, -0.25) is 4.90 Å². The van der Waals surface area contributed by atoms with Gasteiger partial charge in [-0.15, -0.1) is 11.6 Å². The molecule has 33 heavy (non-hydrogen) atoms.